The lowest BCUT2D eigenvalue weighted by Crippen LogP contribution is -2.25. The molecule has 0 bridgehead atoms. The minimum Gasteiger partial charge on any atom is -0.372 e. The summed E-state index contributed by atoms with van der Waals surface area (Å²) in [5.41, 5.74) is 6.09. The van der Waals surface area contributed by atoms with Gasteiger partial charge in [-0.25, -0.2) is 0 Å². The highest BCUT2D eigenvalue weighted by Gasteiger charge is 2.34. The molecule has 1 aromatic rings. The Balaban J connectivity index is 2.31. The maximum Gasteiger partial charge on any atom is 0.416 e. The second-order valence-corrected chi connectivity index (χ2v) is 5.92. The number of hydrogen-bond donors (Lipinski definition) is 1. The highest BCUT2D eigenvalue weighted by atomic mass is 19.4. The van der Waals surface area contributed by atoms with Crippen LogP contribution in [0.4, 0.5) is 18.9 Å². The number of anilines is 1. The van der Waals surface area contributed by atoms with Crippen LogP contribution in [0.3, 0.4) is 0 Å². The zero-order valence-electron chi connectivity index (χ0n) is 12.4. The van der Waals surface area contributed by atoms with Crippen molar-refractivity contribution < 1.29 is 13.2 Å². The van der Waals surface area contributed by atoms with Crippen molar-refractivity contribution in [1.29, 1.82) is 0 Å². The van der Waals surface area contributed by atoms with Crippen molar-refractivity contribution in [2.45, 2.75) is 51.2 Å². The van der Waals surface area contributed by atoms with Gasteiger partial charge in [-0.05, 0) is 43.9 Å². The summed E-state index contributed by atoms with van der Waals surface area (Å²) in [5.74, 6) is 0. The number of benzene rings is 1. The molecule has 1 aromatic carbocycles. The molecule has 0 aromatic heterocycles. The Bertz CT molecular complexity index is 461. The molecule has 21 heavy (non-hydrogen) atoms. The zero-order valence-corrected chi connectivity index (χ0v) is 12.4. The molecule has 0 amide bonds. The van der Waals surface area contributed by atoms with Crippen LogP contribution in [-0.4, -0.2) is 19.1 Å². The predicted molar refractivity (Wildman–Crippen MR) is 79.5 cm³/mol. The fraction of sp³-hybridized carbons (Fsp3) is 0.625. The Kier molecular flexibility index (Phi) is 5.14. The molecule has 0 spiro atoms. The summed E-state index contributed by atoms with van der Waals surface area (Å²) < 4.78 is 39.8. The lowest BCUT2D eigenvalue weighted by molar-refractivity contribution is -0.138. The van der Waals surface area contributed by atoms with Crippen LogP contribution in [0.1, 0.15) is 43.7 Å². The third-order valence-electron chi connectivity index (χ3n) is 3.91. The summed E-state index contributed by atoms with van der Waals surface area (Å²) >= 11 is 0. The second kappa shape index (κ2) is 6.69. The van der Waals surface area contributed by atoms with Crippen LogP contribution in [0.5, 0.6) is 0 Å². The van der Waals surface area contributed by atoms with Crippen LogP contribution in [0.2, 0.25) is 0 Å². The van der Waals surface area contributed by atoms with Crippen LogP contribution < -0.4 is 10.6 Å². The lowest BCUT2D eigenvalue weighted by Gasteiger charge is -2.25. The number of nitrogens with zero attached hydrogens (tertiary/aromatic N) is 1. The molecule has 2 N–H and O–H groups in total. The maximum absolute atomic E-state index is 13.3. The summed E-state index contributed by atoms with van der Waals surface area (Å²) in [6, 6.07) is 4.41. The molecule has 118 valence electrons. The largest absolute Gasteiger partial charge is 0.416 e. The Morgan fingerprint density at radius 2 is 1.76 bits per heavy atom. The summed E-state index contributed by atoms with van der Waals surface area (Å²) in [4.78, 5) is 2.07. The molecule has 1 heterocycles. The van der Waals surface area contributed by atoms with Gasteiger partial charge in [0.25, 0.3) is 0 Å². The minimum atomic E-state index is -4.33. The van der Waals surface area contributed by atoms with E-state index in [4.69, 9.17) is 5.73 Å². The normalized spacial score (nSPS) is 18.4. The summed E-state index contributed by atoms with van der Waals surface area (Å²) in [7, 11) is 0. The van der Waals surface area contributed by atoms with Crippen LogP contribution in [0.25, 0.3) is 0 Å². The first-order valence-electron chi connectivity index (χ1n) is 7.58. The lowest BCUT2D eigenvalue weighted by atomic mass is 9.99. The molecule has 5 heteroatoms. The van der Waals surface area contributed by atoms with Crippen molar-refractivity contribution in [2.75, 3.05) is 18.0 Å². The van der Waals surface area contributed by atoms with Gasteiger partial charge in [0.05, 0.1) is 5.56 Å². The SMILES string of the molecule is CC(N)Cc1ccc(N2CCCCCC2)cc1C(F)(F)F. The molecule has 1 unspecified atom stereocenters. The molecule has 1 aliphatic rings. The number of halogens is 3. The number of alkyl halides is 3. The topological polar surface area (TPSA) is 29.3 Å². The molecule has 0 aliphatic carbocycles. The molecular formula is C16H23F3N2. The average molecular weight is 300 g/mol. The molecule has 1 fully saturated rings. The number of hydrogen-bond acceptors (Lipinski definition) is 2. The van der Waals surface area contributed by atoms with E-state index in [9.17, 15) is 13.2 Å². The highest BCUT2D eigenvalue weighted by Crippen LogP contribution is 2.35. The standard InChI is InChI=1S/C16H23F3N2/c1-12(20)10-13-6-7-14(11-15(13)16(17,18)19)21-8-4-2-3-5-9-21/h6-7,11-12H,2-5,8-10,20H2,1H3. The summed E-state index contributed by atoms with van der Waals surface area (Å²) in [5, 5.41) is 0. The van der Waals surface area contributed by atoms with Crippen molar-refractivity contribution in [1.82, 2.24) is 0 Å². The first kappa shape index (κ1) is 16.1. The third-order valence-corrected chi connectivity index (χ3v) is 3.91. The average Bonchev–Trinajstić information content (AvgIpc) is 2.66. The van der Waals surface area contributed by atoms with Gasteiger partial charge >= 0.3 is 6.18 Å². The Morgan fingerprint density at radius 1 is 1.14 bits per heavy atom. The second-order valence-electron chi connectivity index (χ2n) is 5.92. The van der Waals surface area contributed by atoms with Crippen molar-refractivity contribution >= 4 is 5.69 Å². The quantitative estimate of drug-likeness (QED) is 0.915. The van der Waals surface area contributed by atoms with Gasteiger partial charge in [-0.3, -0.25) is 0 Å². The van der Waals surface area contributed by atoms with Gasteiger partial charge in [-0.2, -0.15) is 13.2 Å². The third kappa shape index (κ3) is 4.37. The molecular weight excluding hydrogens is 277 g/mol. The Morgan fingerprint density at radius 3 is 2.29 bits per heavy atom. The van der Waals surface area contributed by atoms with Gasteiger partial charge in [0, 0.05) is 24.8 Å². The number of nitrogens with two attached hydrogens (primary N) is 1. The van der Waals surface area contributed by atoms with Crippen LogP contribution in [-0.2, 0) is 12.6 Å². The van der Waals surface area contributed by atoms with Crippen molar-refractivity contribution in [3.05, 3.63) is 29.3 Å². The van der Waals surface area contributed by atoms with E-state index >= 15 is 0 Å². The van der Waals surface area contributed by atoms with E-state index in [-0.39, 0.29) is 18.0 Å². The van der Waals surface area contributed by atoms with E-state index in [1.54, 1.807) is 19.1 Å². The van der Waals surface area contributed by atoms with Gasteiger partial charge in [0.2, 0.25) is 0 Å². The summed E-state index contributed by atoms with van der Waals surface area (Å²) in [6.45, 7) is 3.40. The van der Waals surface area contributed by atoms with Gasteiger partial charge in [0.15, 0.2) is 0 Å². The Hall–Kier alpha value is -1.23. The van der Waals surface area contributed by atoms with Crippen molar-refractivity contribution in [3.8, 4) is 0 Å². The fourth-order valence-corrected chi connectivity index (χ4v) is 2.88. The predicted octanol–water partition coefficient (Wildman–Crippen LogP) is 3.98. The molecule has 1 saturated heterocycles. The van der Waals surface area contributed by atoms with Crippen molar-refractivity contribution in [2.24, 2.45) is 5.73 Å². The zero-order chi connectivity index (χ0) is 15.5. The Labute approximate surface area is 124 Å². The first-order valence-corrected chi connectivity index (χ1v) is 7.58. The maximum atomic E-state index is 13.3. The highest BCUT2D eigenvalue weighted by molar-refractivity contribution is 5.52. The van der Waals surface area contributed by atoms with Gasteiger partial charge in [0.1, 0.15) is 0 Å². The molecule has 0 saturated carbocycles. The molecule has 2 rings (SSSR count). The molecule has 1 aliphatic heterocycles. The van der Waals surface area contributed by atoms with E-state index in [1.165, 1.54) is 6.07 Å². The van der Waals surface area contributed by atoms with E-state index in [0.717, 1.165) is 38.8 Å². The molecule has 0 radical (unpaired) electrons. The van der Waals surface area contributed by atoms with Crippen LogP contribution in [0.15, 0.2) is 18.2 Å². The monoisotopic (exact) mass is 300 g/mol. The minimum absolute atomic E-state index is 0.245. The van der Waals surface area contributed by atoms with E-state index in [2.05, 4.69) is 4.90 Å². The molecule has 1 atom stereocenters. The van der Waals surface area contributed by atoms with E-state index in [0.29, 0.717) is 5.69 Å². The van der Waals surface area contributed by atoms with Crippen LogP contribution >= 0.6 is 0 Å². The number of rotatable bonds is 3. The summed E-state index contributed by atoms with van der Waals surface area (Å²) in [6.07, 6.45) is 0.323. The van der Waals surface area contributed by atoms with Crippen molar-refractivity contribution in [3.63, 3.8) is 0 Å². The van der Waals surface area contributed by atoms with Gasteiger partial charge in [-0.15, -0.1) is 0 Å². The van der Waals surface area contributed by atoms with E-state index < -0.39 is 11.7 Å². The smallest absolute Gasteiger partial charge is 0.372 e. The fourth-order valence-electron chi connectivity index (χ4n) is 2.88. The van der Waals surface area contributed by atoms with Crippen LogP contribution in [0, 0.1) is 0 Å². The van der Waals surface area contributed by atoms with Gasteiger partial charge < -0.3 is 10.6 Å². The van der Waals surface area contributed by atoms with E-state index in [1.807, 2.05) is 0 Å². The first-order chi connectivity index (χ1) is 9.88. The van der Waals surface area contributed by atoms with Gasteiger partial charge in [-0.1, -0.05) is 18.9 Å². The molecule has 2 nitrogen and oxygen atoms in total.